The van der Waals surface area contributed by atoms with Gasteiger partial charge in [-0.1, -0.05) is 30.3 Å². The van der Waals surface area contributed by atoms with Crippen LogP contribution in [0.25, 0.3) is 0 Å². The number of nitrogens with zero attached hydrogens (tertiary/aromatic N) is 2. The first-order valence-corrected chi connectivity index (χ1v) is 10.1. The molecule has 0 saturated carbocycles. The summed E-state index contributed by atoms with van der Waals surface area (Å²) in [5.74, 6) is -1.24. The Morgan fingerprint density at radius 1 is 0.897 bits per heavy atom. The van der Waals surface area contributed by atoms with Gasteiger partial charge >= 0.3 is 11.8 Å². The molecule has 1 heterocycles. The second kappa shape index (κ2) is 9.56. The number of piperazine rings is 1. The number of carbonyl (C=O) groups excluding carboxylic acids is 2. The summed E-state index contributed by atoms with van der Waals surface area (Å²) in [4.78, 5) is 29.0. The number of para-hydroxylation sites is 1. The SMILES string of the molecule is Cc1cccc(C)c1NC(=O)C(=O)NCCc1ccc(N2CCN(C)CC2)cc1. The quantitative estimate of drug-likeness (QED) is 0.764. The lowest BCUT2D eigenvalue weighted by atomic mass is 10.1. The first-order valence-electron chi connectivity index (χ1n) is 10.1. The Labute approximate surface area is 172 Å². The average Bonchev–Trinajstić information content (AvgIpc) is 2.72. The van der Waals surface area contributed by atoms with Crippen molar-refractivity contribution in [3.8, 4) is 0 Å². The summed E-state index contributed by atoms with van der Waals surface area (Å²) in [6.07, 6.45) is 0.686. The highest BCUT2D eigenvalue weighted by molar-refractivity contribution is 6.39. The molecule has 2 aromatic carbocycles. The van der Waals surface area contributed by atoms with Crippen LogP contribution in [0.5, 0.6) is 0 Å². The van der Waals surface area contributed by atoms with Crippen molar-refractivity contribution < 1.29 is 9.59 Å². The molecule has 3 rings (SSSR count). The summed E-state index contributed by atoms with van der Waals surface area (Å²) in [7, 11) is 2.15. The topological polar surface area (TPSA) is 64.7 Å². The van der Waals surface area contributed by atoms with Crippen LogP contribution in [0, 0.1) is 13.8 Å². The second-order valence-corrected chi connectivity index (χ2v) is 7.68. The van der Waals surface area contributed by atoms with Gasteiger partial charge in [0.1, 0.15) is 0 Å². The maximum absolute atomic E-state index is 12.2. The third-order valence-corrected chi connectivity index (χ3v) is 5.43. The molecule has 1 fully saturated rings. The molecule has 0 unspecified atom stereocenters. The van der Waals surface area contributed by atoms with Crippen LogP contribution in [0.2, 0.25) is 0 Å². The van der Waals surface area contributed by atoms with Gasteiger partial charge in [0, 0.05) is 44.1 Å². The molecule has 1 saturated heterocycles. The van der Waals surface area contributed by atoms with Crippen LogP contribution in [0.1, 0.15) is 16.7 Å². The van der Waals surface area contributed by atoms with E-state index in [0.29, 0.717) is 18.7 Å². The molecular formula is C23H30N4O2. The number of anilines is 2. The molecule has 0 radical (unpaired) electrons. The summed E-state index contributed by atoms with van der Waals surface area (Å²) >= 11 is 0. The van der Waals surface area contributed by atoms with Gasteiger partial charge in [-0.05, 0) is 56.1 Å². The second-order valence-electron chi connectivity index (χ2n) is 7.68. The third-order valence-electron chi connectivity index (χ3n) is 5.43. The Morgan fingerprint density at radius 2 is 1.52 bits per heavy atom. The van der Waals surface area contributed by atoms with Gasteiger partial charge in [-0.2, -0.15) is 0 Å². The Bertz CT molecular complexity index is 835. The molecule has 0 aromatic heterocycles. The van der Waals surface area contributed by atoms with Gasteiger partial charge in [-0.25, -0.2) is 0 Å². The number of aryl methyl sites for hydroxylation is 2. The number of amides is 2. The van der Waals surface area contributed by atoms with E-state index in [-0.39, 0.29) is 0 Å². The lowest BCUT2D eigenvalue weighted by Crippen LogP contribution is -2.44. The summed E-state index contributed by atoms with van der Waals surface area (Å²) in [6, 6.07) is 14.2. The number of likely N-dealkylation sites (N-methyl/N-ethyl adjacent to an activating group) is 1. The van der Waals surface area contributed by atoms with Crippen molar-refractivity contribution in [1.29, 1.82) is 0 Å². The minimum absolute atomic E-state index is 0.423. The Kier molecular flexibility index (Phi) is 6.88. The van der Waals surface area contributed by atoms with E-state index in [2.05, 4.69) is 51.7 Å². The highest BCUT2D eigenvalue weighted by Gasteiger charge is 2.16. The number of benzene rings is 2. The predicted molar refractivity (Wildman–Crippen MR) is 117 cm³/mol. The molecule has 29 heavy (non-hydrogen) atoms. The molecular weight excluding hydrogens is 364 g/mol. The van der Waals surface area contributed by atoms with Crippen molar-refractivity contribution in [3.63, 3.8) is 0 Å². The van der Waals surface area contributed by atoms with Crippen LogP contribution in [0.15, 0.2) is 42.5 Å². The number of carbonyl (C=O) groups is 2. The van der Waals surface area contributed by atoms with Crippen LogP contribution in [-0.4, -0.2) is 56.5 Å². The van der Waals surface area contributed by atoms with Gasteiger partial charge in [0.15, 0.2) is 0 Å². The predicted octanol–water partition coefficient (Wildman–Crippen LogP) is 2.35. The zero-order chi connectivity index (χ0) is 20.8. The highest BCUT2D eigenvalue weighted by Crippen LogP contribution is 2.19. The number of rotatable bonds is 5. The maximum Gasteiger partial charge on any atom is 0.313 e. The molecule has 2 amide bonds. The minimum Gasteiger partial charge on any atom is -0.369 e. The zero-order valence-electron chi connectivity index (χ0n) is 17.5. The van der Waals surface area contributed by atoms with Gasteiger partial charge in [-0.15, -0.1) is 0 Å². The van der Waals surface area contributed by atoms with Crippen molar-refractivity contribution in [1.82, 2.24) is 10.2 Å². The fraction of sp³-hybridized carbons (Fsp3) is 0.391. The molecule has 2 N–H and O–H groups in total. The molecule has 0 aliphatic carbocycles. The molecule has 0 bridgehead atoms. The van der Waals surface area contributed by atoms with E-state index >= 15 is 0 Å². The van der Waals surface area contributed by atoms with Crippen molar-refractivity contribution >= 4 is 23.2 Å². The van der Waals surface area contributed by atoms with Crippen LogP contribution < -0.4 is 15.5 Å². The summed E-state index contributed by atoms with van der Waals surface area (Å²) < 4.78 is 0. The molecule has 6 heteroatoms. The molecule has 6 nitrogen and oxygen atoms in total. The molecule has 2 aromatic rings. The van der Waals surface area contributed by atoms with Gasteiger partial charge < -0.3 is 20.4 Å². The smallest absolute Gasteiger partial charge is 0.313 e. The fourth-order valence-electron chi connectivity index (χ4n) is 3.52. The molecule has 0 spiro atoms. The van der Waals surface area contributed by atoms with Crippen molar-refractivity contribution in [2.45, 2.75) is 20.3 Å². The molecule has 1 aliphatic rings. The van der Waals surface area contributed by atoms with Gasteiger partial charge in [0.05, 0.1) is 0 Å². The number of hydrogen-bond donors (Lipinski definition) is 2. The van der Waals surface area contributed by atoms with E-state index < -0.39 is 11.8 Å². The first-order chi connectivity index (χ1) is 13.9. The van der Waals surface area contributed by atoms with Crippen LogP contribution in [0.3, 0.4) is 0 Å². The van der Waals surface area contributed by atoms with Gasteiger partial charge in [0.2, 0.25) is 0 Å². The molecule has 0 atom stereocenters. The van der Waals surface area contributed by atoms with E-state index in [0.717, 1.165) is 42.9 Å². The molecule has 1 aliphatic heterocycles. The summed E-state index contributed by atoms with van der Waals surface area (Å²) in [5.41, 5.74) is 4.95. The lowest BCUT2D eigenvalue weighted by molar-refractivity contribution is -0.136. The van der Waals surface area contributed by atoms with E-state index in [1.807, 2.05) is 32.0 Å². The Morgan fingerprint density at radius 3 is 2.14 bits per heavy atom. The third kappa shape index (κ3) is 5.57. The Balaban J connectivity index is 1.45. The maximum atomic E-state index is 12.2. The zero-order valence-corrected chi connectivity index (χ0v) is 17.5. The van der Waals surface area contributed by atoms with Crippen molar-refractivity contribution in [2.75, 3.05) is 50.0 Å². The highest BCUT2D eigenvalue weighted by atomic mass is 16.2. The largest absolute Gasteiger partial charge is 0.369 e. The van der Waals surface area contributed by atoms with Gasteiger partial charge in [0.25, 0.3) is 0 Å². The van der Waals surface area contributed by atoms with Crippen LogP contribution in [-0.2, 0) is 16.0 Å². The first kappa shape index (κ1) is 20.9. The van der Waals surface area contributed by atoms with Crippen LogP contribution in [0.4, 0.5) is 11.4 Å². The van der Waals surface area contributed by atoms with Gasteiger partial charge in [-0.3, -0.25) is 9.59 Å². The fourth-order valence-corrected chi connectivity index (χ4v) is 3.52. The van der Waals surface area contributed by atoms with E-state index in [1.54, 1.807) is 0 Å². The average molecular weight is 395 g/mol. The molecule has 154 valence electrons. The van der Waals surface area contributed by atoms with Crippen molar-refractivity contribution in [3.05, 3.63) is 59.2 Å². The normalized spacial score (nSPS) is 14.5. The Hall–Kier alpha value is -2.86. The van der Waals surface area contributed by atoms with E-state index in [4.69, 9.17) is 0 Å². The van der Waals surface area contributed by atoms with Crippen molar-refractivity contribution in [2.24, 2.45) is 0 Å². The van der Waals surface area contributed by atoms with E-state index in [1.165, 1.54) is 5.69 Å². The minimum atomic E-state index is -0.632. The summed E-state index contributed by atoms with van der Waals surface area (Å²) in [6.45, 7) is 8.49. The van der Waals surface area contributed by atoms with E-state index in [9.17, 15) is 9.59 Å². The summed E-state index contributed by atoms with van der Waals surface area (Å²) in [5, 5.41) is 5.42. The number of nitrogens with one attached hydrogen (secondary N) is 2. The number of hydrogen-bond acceptors (Lipinski definition) is 4. The monoisotopic (exact) mass is 394 g/mol. The van der Waals surface area contributed by atoms with Crippen LogP contribution >= 0.6 is 0 Å². The lowest BCUT2D eigenvalue weighted by Gasteiger charge is -2.34. The standard InChI is InChI=1S/C23H30N4O2/c1-17-5-4-6-18(2)21(17)25-23(29)22(28)24-12-11-19-7-9-20(10-8-19)27-15-13-26(3)14-16-27/h4-10H,11-16H2,1-3H3,(H,24,28)(H,25,29).